The largest absolute Gasteiger partial charge is 0.322 e. The number of hydrogen-bond donors (Lipinski definition) is 2. The lowest BCUT2D eigenvalue weighted by atomic mass is 9.82. The van der Waals surface area contributed by atoms with Crippen LogP contribution >= 0.6 is 0 Å². The number of imide groups is 1. The van der Waals surface area contributed by atoms with Crippen molar-refractivity contribution >= 4 is 11.9 Å². The first kappa shape index (κ1) is 13.4. The Morgan fingerprint density at radius 1 is 0.857 bits per heavy atom. The summed E-state index contributed by atoms with van der Waals surface area (Å²) in [6.45, 7) is 3.92. The third-order valence-electron chi connectivity index (χ3n) is 3.77. The zero-order valence-corrected chi connectivity index (χ0v) is 11.9. The summed E-state index contributed by atoms with van der Waals surface area (Å²) in [6, 6.07) is 14.8. The molecule has 4 nitrogen and oxygen atoms in total. The fourth-order valence-corrected chi connectivity index (χ4v) is 2.79. The molecular formula is C17H16N2O2. The first-order valence-corrected chi connectivity index (χ1v) is 6.80. The predicted molar refractivity (Wildman–Crippen MR) is 79.8 cm³/mol. The van der Waals surface area contributed by atoms with E-state index < -0.39 is 11.6 Å². The van der Waals surface area contributed by atoms with E-state index in [1.54, 1.807) is 0 Å². The van der Waals surface area contributed by atoms with Gasteiger partial charge in [-0.1, -0.05) is 59.7 Å². The number of aryl methyl sites for hydroxylation is 2. The van der Waals surface area contributed by atoms with Crippen molar-refractivity contribution in [3.63, 3.8) is 0 Å². The maximum atomic E-state index is 12.5. The van der Waals surface area contributed by atoms with Crippen LogP contribution in [0.5, 0.6) is 0 Å². The van der Waals surface area contributed by atoms with E-state index >= 15 is 0 Å². The van der Waals surface area contributed by atoms with Crippen molar-refractivity contribution < 1.29 is 9.59 Å². The molecule has 0 saturated carbocycles. The highest BCUT2D eigenvalue weighted by atomic mass is 16.2. The van der Waals surface area contributed by atoms with Crippen molar-refractivity contribution in [2.45, 2.75) is 19.4 Å². The summed E-state index contributed by atoms with van der Waals surface area (Å²) in [6.07, 6.45) is 0. The van der Waals surface area contributed by atoms with E-state index in [1.807, 2.05) is 62.4 Å². The molecule has 3 rings (SSSR count). The van der Waals surface area contributed by atoms with Crippen LogP contribution in [0, 0.1) is 13.8 Å². The number of benzene rings is 2. The summed E-state index contributed by atoms with van der Waals surface area (Å²) < 4.78 is 0. The van der Waals surface area contributed by atoms with Crippen LogP contribution in [0.2, 0.25) is 0 Å². The summed E-state index contributed by atoms with van der Waals surface area (Å²) >= 11 is 0. The van der Waals surface area contributed by atoms with Gasteiger partial charge in [-0.2, -0.15) is 0 Å². The normalized spacial score (nSPS) is 16.5. The molecule has 1 saturated heterocycles. The van der Waals surface area contributed by atoms with Crippen LogP contribution in [0.4, 0.5) is 4.79 Å². The minimum atomic E-state index is -1.16. The second-order valence-electron chi connectivity index (χ2n) is 5.40. The Bertz CT molecular complexity index is 692. The molecule has 0 spiro atoms. The topological polar surface area (TPSA) is 58.2 Å². The van der Waals surface area contributed by atoms with E-state index in [1.165, 1.54) is 0 Å². The van der Waals surface area contributed by atoms with Gasteiger partial charge in [-0.25, -0.2) is 4.79 Å². The van der Waals surface area contributed by atoms with Crippen LogP contribution < -0.4 is 10.6 Å². The lowest BCUT2D eigenvalue weighted by molar-refractivity contribution is -0.122. The van der Waals surface area contributed by atoms with Crippen molar-refractivity contribution in [2.75, 3.05) is 0 Å². The third-order valence-corrected chi connectivity index (χ3v) is 3.77. The van der Waals surface area contributed by atoms with Gasteiger partial charge in [0.05, 0.1) is 0 Å². The molecule has 2 N–H and O–H groups in total. The van der Waals surface area contributed by atoms with Crippen LogP contribution in [0.3, 0.4) is 0 Å². The molecule has 0 aliphatic carbocycles. The fraction of sp³-hybridized carbons (Fsp3) is 0.176. The average molecular weight is 280 g/mol. The van der Waals surface area contributed by atoms with E-state index in [0.29, 0.717) is 0 Å². The van der Waals surface area contributed by atoms with E-state index in [2.05, 4.69) is 10.6 Å². The Hall–Kier alpha value is -2.62. The zero-order chi connectivity index (χ0) is 15.0. The summed E-state index contributed by atoms with van der Waals surface area (Å²) in [4.78, 5) is 24.3. The van der Waals surface area contributed by atoms with Gasteiger partial charge >= 0.3 is 6.03 Å². The van der Waals surface area contributed by atoms with Gasteiger partial charge in [0.25, 0.3) is 5.91 Å². The minimum absolute atomic E-state index is 0.344. The van der Waals surface area contributed by atoms with Gasteiger partial charge in [0.1, 0.15) is 0 Å². The molecule has 0 atom stereocenters. The van der Waals surface area contributed by atoms with E-state index in [9.17, 15) is 9.59 Å². The van der Waals surface area contributed by atoms with Gasteiger partial charge < -0.3 is 5.32 Å². The molecule has 3 amide bonds. The molecule has 2 aromatic carbocycles. The minimum Gasteiger partial charge on any atom is -0.316 e. The summed E-state index contributed by atoms with van der Waals surface area (Å²) in [5.41, 5.74) is 2.43. The second kappa shape index (κ2) is 4.74. The maximum absolute atomic E-state index is 12.5. The van der Waals surface area contributed by atoms with Gasteiger partial charge in [-0.15, -0.1) is 0 Å². The Kier molecular flexibility index (Phi) is 3.01. The van der Waals surface area contributed by atoms with Gasteiger partial charge in [0.2, 0.25) is 0 Å². The predicted octanol–water partition coefficient (Wildman–Crippen LogP) is 2.39. The Morgan fingerprint density at radius 2 is 1.38 bits per heavy atom. The van der Waals surface area contributed by atoms with Crippen LogP contribution in [0.15, 0.2) is 48.5 Å². The molecule has 2 aromatic rings. The van der Waals surface area contributed by atoms with Gasteiger partial charge in [0, 0.05) is 0 Å². The summed E-state index contributed by atoms with van der Waals surface area (Å²) in [5, 5.41) is 5.16. The number of hydrogen-bond acceptors (Lipinski definition) is 2. The highest BCUT2D eigenvalue weighted by molar-refractivity contribution is 6.09. The molecule has 1 aliphatic heterocycles. The van der Waals surface area contributed by atoms with Gasteiger partial charge in [-0.3, -0.25) is 10.1 Å². The summed E-state index contributed by atoms with van der Waals surface area (Å²) in [7, 11) is 0. The molecular weight excluding hydrogens is 264 g/mol. The molecule has 21 heavy (non-hydrogen) atoms. The maximum Gasteiger partial charge on any atom is 0.322 e. The van der Waals surface area contributed by atoms with Crippen molar-refractivity contribution in [3.05, 3.63) is 70.8 Å². The van der Waals surface area contributed by atoms with Gasteiger partial charge in [0.15, 0.2) is 5.54 Å². The molecule has 0 radical (unpaired) electrons. The molecule has 0 unspecified atom stereocenters. The van der Waals surface area contributed by atoms with E-state index in [0.717, 1.165) is 22.3 Å². The molecule has 0 bridgehead atoms. The molecule has 106 valence electrons. The Balaban J connectivity index is 2.26. The van der Waals surface area contributed by atoms with Crippen molar-refractivity contribution in [3.8, 4) is 0 Å². The number of urea groups is 1. The molecule has 4 heteroatoms. The molecule has 0 aromatic heterocycles. The Labute approximate surface area is 123 Å². The molecule has 1 heterocycles. The van der Waals surface area contributed by atoms with Gasteiger partial charge in [-0.05, 0) is 25.0 Å². The van der Waals surface area contributed by atoms with Crippen molar-refractivity contribution in [1.29, 1.82) is 0 Å². The lowest BCUT2D eigenvalue weighted by Gasteiger charge is -2.27. The standard InChI is InChI=1S/C17H16N2O2/c1-11-5-3-7-13(9-11)17(15(20)18-16(21)19-17)14-8-4-6-12(2)10-14/h3-10H,1-2H3,(H2,18,19,20,21). The monoisotopic (exact) mass is 280 g/mol. The van der Waals surface area contributed by atoms with E-state index in [4.69, 9.17) is 0 Å². The first-order chi connectivity index (χ1) is 10.0. The number of carbonyl (C=O) groups excluding carboxylic acids is 2. The highest BCUT2D eigenvalue weighted by Gasteiger charge is 2.49. The number of amides is 3. The van der Waals surface area contributed by atoms with Crippen LogP contribution in [-0.4, -0.2) is 11.9 Å². The molecule has 1 fully saturated rings. The number of carbonyl (C=O) groups is 2. The smallest absolute Gasteiger partial charge is 0.316 e. The average Bonchev–Trinajstić information content (AvgIpc) is 2.74. The number of rotatable bonds is 2. The van der Waals surface area contributed by atoms with Crippen molar-refractivity contribution in [2.24, 2.45) is 0 Å². The van der Waals surface area contributed by atoms with Crippen LogP contribution in [0.25, 0.3) is 0 Å². The third kappa shape index (κ3) is 2.09. The quantitative estimate of drug-likeness (QED) is 0.830. The lowest BCUT2D eigenvalue weighted by Crippen LogP contribution is -2.45. The molecule has 1 aliphatic rings. The van der Waals surface area contributed by atoms with Crippen molar-refractivity contribution in [1.82, 2.24) is 10.6 Å². The summed E-state index contributed by atoms with van der Waals surface area (Å²) in [5.74, 6) is -0.344. The number of nitrogens with one attached hydrogen (secondary N) is 2. The second-order valence-corrected chi connectivity index (χ2v) is 5.40. The first-order valence-electron chi connectivity index (χ1n) is 6.80. The highest BCUT2D eigenvalue weighted by Crippen LogP contribution is 2.33. The zero-order valence-electron chi connectivity index (χ0n) is 11.9. The Morgan fingerprint density at radius 3 is 1.76 bits per heavy atom. The SMILES string of the molecule is Cc1cccc(C2(c3cccc(C)c3)NC(=O)NC2=O)c1. The van der Waals surface area contributed by atoms with Crippen LogP contribution in [-0.2, 0) is 10.3 Å². The van der Waals surface area contributed by atoms with E-state index in [-0.39, 0.29) is 5.91 Å². The fourth-order valence-electron chi connectivity index (χ4n) is 2.79. The van der Waals surface area contributed by atoms with Crippen LogP contribution in [0.1, 0.15) is 22.3 Å².